The molecule has 0 radical (unpaired) electrons. The van der Waals surface area contributed by atoms with Crippen molar-refractivity contribution in [2.75, 3.05) is 0 Å². The number of nitrogens with zero attached hydrogens (tertiary/aromatic N) is 1. The third-order valence-corrected chi connectivity index (χ3v) is 3.55. The van der Waals surface area contributed by atoms with Crippen LogP contribution in [0.3, 0.4) is 0 Å². The van der Waals surface area contributed by atoms with Gasteiger partial charge in [0.25, 0.3) is 5.69 Å². The highest BCUT2D eigenvalue weighted by Crippen LogP contribution is 2.34. The molecule has 0 amide bonds. The predicted molar refractivity (Wildman–Crippen MR) is 82.2 cm³/mol. The number of hydrogen-bond acceptors (Lipinski definition) is 5. The Hall–Kier alpha value is -3.28. The summed E-state index contributed by atoms with van der Waals surface area (Å²) in [5.74, 6) is -1.47. The summed E-state index contributed by atoms with van der Waals surface area (Å²) >= 11 is 0. The van der Waals surface area contributed by atoms with Crippen molar-refractivity contribution in [3.63, 3.8) is 0 Å². The Labute approximate surface area is 131 Å². The molecule has 0 spiro atoms. The molecule has 1 heterocycles. The molecule has 1 aliphatic heterocycles. The molecule has 23 heavy (non-hydrogen) atoms. The molecule has 0 aromatic heterocycles. The van der Waals surface area contributed by atoms with Crippen LogP contribution < -0.4 is 0 Å². The molecule has 2 aromatic rings. The van der Waals surface area contributed by atoms with E-state index >= 15 is 0 Å². The normalized spacial score (nSPS) is 14.1. The molecule has 0 unspecified atom stereocenters. The second-order valence-corrected chi connectivity index (χ2v) is 5.10. The first-order valence-electron chi connectivity index (χ1n) is 6.80. The van der Waals surface area contributed by atoms with Crippen LogP contribution in [-0.4, -0.2) is 16.9 Å². The van der Waals surface area contributed by atoms with Gasteiger partial charge in [-0.25, -0.2) is 9.59 Å². The van der Waals surface area contributed by atoms with E-state index in [1.165, 1.54) is 24.3 Å². The first-order valence-corrected chi connectivity index (χ1v) is 6.80. The van der Waals surface area contributed by atoms with E-state index in [4.69, 9.17) is 4.74 Å². The molecule has 0 fully saturated rings. The van der Waals surface area contributed by atoms with Crippen molar-refractivity contribution in [3.8, 4) is 0 Å². The lowest BCUT2D eigenvalue weighted by molar-refractivity contribution is -0.384. The van der Waals surface area contributed by atoms with Crippen molar-refractivity contribution in [1.29, 1.82) is 0 Å². The Morgan fingerprint density at radius 2 is 1.26 bits per heavy atom. The molecule has 0 saturated heterocycles. The number of aryl methyl sites for hydroxylation is 1. The average molecular weight is 309 g/mol. The maximum Gasteiger partial charge on any atom is 0.347 e. The van der Waals surface area contributed by atoms with Gasteiger partial charge in [-0.05, 0) is 30.2 Å². The fourth-order valence-electron chi connectivity index (χ4n) is 2.38. The number of nitro groups is 1. The third kappa shape index (κ3) is 2.62. The summed E-state index contributed by atoms with van der Waals surface area (Å²) in [5, 5.41) is 10.7. The van der Waals surface area contributed by atoms with Crippen molar-refractivity contribution >= 4 is 28.8 Å². The Kier molecular flexibility index (Phi) is 3.50. The van der Waals surface area contributed by atoms with Crippen LogP contribution in [-0.2, 0) is 14.3 Å². The summed E-state index contributed by atoms with van der Waals surface area (Å²) in [6.45, 7) is 1.91. The maximum atomic E-state index is 12.0. The van der Waals surface area contributed by atoms with Crippen LogP contribution in [0.25, 0.3) is 11.1 Å². The fourth-order valence-corrected chi connectivity index (χ4v) is 2.38. The highest BCUT2D eigenvalue weighted by atomic mass is 16.6. The van der Waals surface area contributed by atoms with Gasteiger partial charge in [0.15, 0.2) is 0 Å². The Balaban J connectivity index is 2.15. The zero-order valence-electron chi connectivity index (χ0n) is 12.1. The number of rotatable bonds is 3. The second kappa shape index (κ2) is 5.49. The molecule has 0 aliphatic carbocycles. The number of esters is 2. The first-order chi connectivity index (χ1) is 11.0. The van der Waals surface area contributed by atoms with Crippen molar-refractivity contribution < 1.29 is 19.2 Å². The van der Waals surface area contributed by atoms with Crippen LogP contribution in [0.15, 0.2) is 48.5 Å². The summed E-state index contributed by atoms with van der Waals surface area (Å²) in [7, 11) is 0. The number of carbonyl (C=O) groups excluding carboxylic acids is 2. The number of carbonyl (C=O) groups is 2. The lowest BCUT2D eigenvalue weighted by Crippen LogP contribution is -2.02. The van der Waals surface area contributed by atoms with Gasteiger partial charge < -0.3 is 4.74 Å². The summed E-state index contributed by atoms with van der Waals surface area (Å²) in [6.07, 6.45) is 0. The highest BCUT2D eigenvalue weighted by molar-refractivity contribution is 6.44. The Morgan fingerprint density at radius 3 is 1.70 bits per heavy atom. The van der Waals surface area contributed by atoms with E-state index in [0.717, 1.165) is 5.56 Å². The van der Waals surface area contributed by atoms with Crippen LogP contribution in [0.2, 0.25) is 0 Å². The minimum atomic E-state index is -0.751. The zero-order valence-corrected chi connectivity index (χ0v) is 12.1. The number of hydrogen-bond donors (Lipinski definition) is 0. The van der Waals surface area contributed by atoms with Crippen molar-refractivity contribution in [1.82, 2.24) is 0 Å². The van der Waals surface area contributed by atoms with E-state index < -0.39 is 16.9 Å². The largest absolute Gasteiger partial charge is 0.386 e. The molecular weight excluding hydrogens is 298 g/mol. The Morgan fingerprint density at radius 1 is 0.826 bits per heavy atom. The number of cyclic esters (lactones) is 2. The molecule has 0 atom stereocenters. The number of ether oxygens (including phenoxy) is 1. The molecule has 3 rings (SSSR count). The molecule has 6 heteroatoms. The summed E-state index contributed by atoms with van der Waals surface area (Å²) < 4.78 is 4.72. The monoisotopic (exact) mass is 309 g/mol. The smallest absolute Gasteiger partial charge is 0.347 e. The van der Waals surface area contributed by atoms with Crippen molar-refractivity contribution in [2.45, 2.75) is 6.92 Å². The molecule has 0 bridgehead atoms. The molecular formula is C17H11NO5. The second-order valence-electron chi connectivity index (χ2n) is 5.10. The maximum absolute atomic E-state index is 12.0. The fraction of sp³-hybridized carbons (Fsp3) is 0.0588. The molecule has 114 valence electrons. The van der Waals surface area contributed by atoms with E-state index in [1.807, 2.05) is 19.1 Å². The van der Waals surface area contributed by atoms with Gasteiger partial charge in [-0.15, -0.1) is 0 Å². The van der Waals surface area contributed by atoms with E-state index in [2.05, 4.69) is 0 Å². The number of non-ortho nitro benzene ring substituents is 1. The SMILES string of the molecule is Cc1ccc(C2=C(c3ccc([N+](=O)[O-])cc3)C(=O)OC2=O)cc1. The van der Waals surface area contributed by atoms with Crippen molar-refractivity contribution in [2.24, 2.45) is 0 Å². The summed E-state index contributed by atoms with van der Waals surface area (Å²) in [5.41, 5.74) is 2.19. The molecule has 6 nitrogen and oxygen atoms in total. The number of benzene rings is 2. The van der Waals surface area contributed by atoms with Gasteiger partial charge in [-0.3, -0.25) is 10.1 Å². The summed E-state index contributed by atoms with van der Waals surface area (Å²) in [4.78, 5) is 34.2. The van der Waals surface area contributed by atoms with Crippen molar-refractivity contribution in [3.05, 3.63) is 75.3 Å². The minimum absolute atomic E-state index is 0.0936. The van der Waals surface area contributed by atoms with E-state index in [0.29, 0.717) is 11.1 Å². The zero-order chi connectivity index (χ0) is 16.6. The van der Waals surface area contributed by atoms with Gasteiger partial charge >= 0.3 is 11.9 Å². The summed E-state index contributed by atoms with van der Waals surface area (Å²) in [6, 6.07) is 12.5. The van der Waals surface area contributed by atoms with Gasteiger partial charge in [0.2, 0.25) is 0 Å². The van der Waals surface area contributed by atoms with Gasteiger partial charge in [0, 0.05) is 12.1 Å². The highest BCUT2D eigenvalue weighted by Gasteiger charge is 2.34. The Bertz CT molecular complexity index is 848. The predicted octanol–water partition coefficient (Wildman–Crippen LogP) is 2.90. The van der Waals surface area contributed by atoms with Crippen LogP contribution in [0.1, 0.15) is 16.7 Å². The van der Waals surface area contributed by atoms with Gasteiger partial charge in [-0.1, -0.05) is 29.8 Å². The lowest BCUT2D eigenvalue weighted by atomic mass is 9.95. The van der Waals surface area contributed by atoms with Gasteiger partial charge in [0.05, 0.1) is 16.1 Å². The lowest BCUT2D eigenvalue weighted by Gasteiger charge is -2.04. The molecule has 1 aliphatic rings. The average Bonchev–Trinajstić information content (AvgIpc) is 2.82. The van der Waals surface area contributed by atoms with Gasteiger partial charge in [-0.2, -0.15) is 0 Å². The van der Waals surface area contributed by atoms with Crippen LogP contribution in [0, 0.1) is 17.0 Å². The van der Waals surface area contributed by atoms with E-state index in [9.17, 15) is 19.7 Å². The quantitative estimate of drug-likeness (QED) is 0.376. The molecule has 2 aromatic carbocycles. The first kappa shape index (κ1) is 14.6. The molecule has 0 N–H and O–H groups in total. The molecule has 0 saturated carbocycles. The van der Waals surface area contributed by atoms with Crippen LogP contribution >= 0.6 is 0 Å². The topological polar surface area (TPSA) is 86.5 Å². The van der Waals surface area contributed by atoms with Crippen LogP contribution in [0.5, 0.6) is 0 Å². The van der Waals surface area contributed by atoms with E-state index in [1.54, 1.807) is 12.1 Å². The standard InChI is InChI=1S/C17H11NO5/c1-10-2-4-11(5-3-10)14-15(17(20)23-16(14)19)12-6-8-13(9-7-12)18(21)22/h2-9H,1H3. The third-order valence-electron chi connectivity index (χ3n) is 3.55. The van der Waals surface area contributed by atoms with Gasteiger partial charge in [0.1, 0.15) is 0 Å². The minimum Gasteiger partial charge on any atom is -0.386 e. The van der Waals surface area contributed by atoms with Crippen LogP contribution in [0.4, 0.5) is 5.69 Å². The van der Waals surface area contributed by atoms with E-state index in [-0.39, 0.29) is 16.8 Å². The number of nitro benzene ring substituents is 1.